The van der Waals surface area contributed by atoms with Gasteiger partial charge in [0, 0.05) is 32.2 Å². The van der Waals surface area contributed by atoms with Gasteiger partial charge in [0.15, 0.2) is 5.96 Å². The Hall–Kier alpha value is -0.980. The van der Waals surface area contributed by atoms with Gasteiger partial charge in [0.25, 0.3) is 0 Å². The van der Waals surface area contributed by atoms with E-state index < -0.39 is 0 Å². The summed E-state index contributed by atoms with van der Waals surface area (Å²) in [6.45, 7) is 6.71. The van der Waals surface area contributed by atoms with E-state index in [1.807, 2.05) is 25.2 Å². The number of nitrogens with one attached hydrogen (secondary N) is 1. The fourth-order valence-corrected chi connectivity index (χ4v) is 1.85. The zero-order chi connectivity index (χ0) is 14.1. The first-order chi connectivity index (χ1) is 9.22. The highest BCUT2D eigenvalue weighted by Gasteiger charge is 2.09. The smallest absolute Gasteiger partial charge is 0.193 e. The van der Waals surface area contributed by atoms with Gasteiger partial charge in [0.1, 0.15) is 5.75 Å². The van der Waals surface area contributed by atoms with Crippen LogP contribution in [-0.4, -0.2) is 38.1 Å². The molecule has 1 aromatic carbocycles. The maximum Gasteiger partial charge on any atom is 0.193 e. The molecule has 5 heteroatoms. The van der Waals surface area contributed by atoms with Gasteiger partial charge in [-0.1, -0.05) is 25.1 Å². The summed E-state index contributed by atoms with van der Waals surface area (Å²) in [5.74, 6) is 1.86. The third-order valence-electron chi connectivity index (χ3n) is 2.78. The molecule has 0 aliphatic carbocycles. The maximum absolute atomic E-state index is 5.38. The second kappa shape index (κ2) is 10.8. The molecule has 0 aromatic heterocycles. The van der Waals surface area contributed by atoms with Gasteiger partial charge in [-0.25, -0.2) is 0 Å². The van der Waals surface area contributed by atoms with Gasteiger partial charge in [0.05, 0.1) is 7.11 Å². The van der Waals surface area contributed by atoms with Gasteiger partial charge in [-0.2, -0.15) is 0 Å². The van der Waals surface area contributed by atoms with Crippen LogP contribution in [0, 0.1) is 0 Å². The average molecular weight is 391 g/mol. The number of ether oxygens (including phenoxy) is 1. The maximum atomic E-state index is 5.38. The molecule has 0 heterocycles. The van der Waals surface area contributed by atoms with Crippen LogP contribution in [0.1, 0.15) is 25.8 Å². The van der Waals surface area contributed by atoms with Crippen LogP contribution in [0.5, 0.6) is 5.75 Å². The Balaban J connectivity index is 0.00000361. The van der Waals surface area contributed by atoms with E-state index in [4.69, 9.17) is 4.74 Å². The summed E-state index contributed by atoms with van der Waals surface area (Å²) < 4.78 is 5.38. The van der Waals surface area contributed by atoms with E-state index in [0.29, 0.717) is 0 Å². The third kappa shape index (κ3) is 5.98. The number of guanidine groups is 1. The predicted octanol–water partition coefficient (Wildman–Crippen LogP) is 3.12. The second-order valence-corrected chi connectivity index (χ2v) is 4.40. The summed E-state index contributed by atoms with van der Waals surface area (Å²) in [6.07, 6.45) is 1.05. The quantitative estimate of drug-likeness (QED) is 0.460. The van der Waals surface area contributed by atoms with Crippen LogP contribution in [0.3, 0.4) is 0 Å². The molecule has 1 aromatic rings. The molecule has 0 fully saturated rings. The molecule has 1 N–H and O–H groups in total. The fraction of sp³-hybridized carbons (Fsp3) is 0.533. The highest BCUT2D eigenvalue weighted by atomic mass is 127. The number of benzene rings is 1. The van der Waals surface area contributed by atoms with E-state index in [9.17, 15) is 0 Å². The van der Waals surface area contributed by atoms with E-state index in [0.717, 1.165) is 43.3 Å². The summed E-state index contributed by atoms with van der Waals surface area (Å²) in [7, 11) is 3.75. The highest BCUT2D eigenvalue weighted by Crippen LogP contribution is 2.18. The molecule has 0 unspecified atom stereocenters. The average Bonchev–Trinajstić information content (AvgIpc) is 2.44. The Bertz CT molecular complexity index is 410. The van der Waals surface area contributed by atoms with Gasteiger partial charge in [0.2, 0.25) is 0 Å². The van der Waals surface area contributed by atoms with Crippen LogP contribution in [-0.2, 0) is 6.54 Å². The van der Waals surface area contributed by atoms with Crippen LogP contribution in [0.25, 0.3) is 0 Å². The van der Waals surface area contributed by atoms with Crippen LogP contribution in [0.15, 0.2) is 29.3 Å². The first kappa shape index (κ1) is 19.0. The summed E-state index contributed by atoms with van der Waals surface area (Å²) in [4.78, 5) is 6.70. The molecular formula is C15H26IN3O. The predicted molar refractivity (Wildman–Crippen MR) is 96.1 cm³/mol. The van der Waals surface area contributed by atoms with Gasteiger partial charge in [-0.3, -0.25) is 4.99 Å². The number of nitrogens with zero attached hydrogens (tertiary/aromatic N) is 2. The van der Waals surface area contributed by atoms with Crippen molar-refractivity contribution in [3.05, 3.63) is 29.8 Å². The lowest BCUT2D eigenvalue weighted by molar-refractivity contribution is 0.396. The summed E-state index contributed by atoms with van der Waals surface area (Å²) in [5, 5.41) is 3.31. The minimum Gasteiger partial charge on any atom is -0.496 e. The number of hydrogen-bond donors (Lipinski definition) is 1. The molecule has 0 aliphatic rings. The SMILES string of the molecule is CCCN=C(NCC)N(C)Cc1ccccc1OC.I. The van der Waals surface area contributed by atoms with Gasteiger partial charge in [-0.05, 0) is 19.4 Å². The zero-order valence-electron chi connectivity index (χ0n) is 12.8. The molecule has 0 saturated heterocycles. The fourth-order valence-electron chi connectivity index (χ4n) is 1.85. The molecule has 0 atom stereocenters. The van der Waals surface area contributed by atoms with E-state index >= 15 is 0 Å². The van der Waals surface area contributed by atoms with Crippen molar-refractivity contribution in [3.63, 3.8) is 0 Å². The van der Waals surface area contributed by atoms with Gasteiger partial charge >= 0.3 is 0 Å². The van der Waals surface area contributed by atoms with Gasteiger partial charge < -0.3 is 15.0 Å². The van der Waals surface area contributed by atoms with Crippen LogP contribution >= 0.6 is 24.0 Å². The molecule has 0 spiro atoms. The van der Waals surface area contributed by atoms with Crippen molar-refractivity contribution in [2.45, 2.75) is 26.8 Å². The number of methoxy groups -OCH3 is 1. The van der Waals surface area contributed by atoms with E-state index in [2.05, 4.69) is 35.1 Å². The summed E-state index contributed by atoms with van der Waals surface area (Å²) in [5.41, 5.74) is 1.16. The topological polar surface area (TPSA) is 36.9 Å². The lowest BCUT2D eigenvalue weighted by atomic mass is 10.2. The zero-order valence-corrected chi connectivity index (χ0v) is 15.2. The number of para-hydroxylation sites is 1. The number of halogens is 1. The lowest BCUT2D eigenvalue weighted by Gasteiger charge is -2.23. The van der Waals surface area contributed by atoms with Crippen molar-refractivity contribution in [2.24, 2.45) is 4.99 Å². The standard InChI is InChI=1S/C15H25N3O.HI/c1-5-11-17-15(16-6-2)18(3)12-13-9-7-8-10-14(13)19-4;/h7-10H,5-6,11-12H2,1-4H3,(H,16,17);1H. The number of hydrogen-bond acceptors (Lipinski definition) is 2. The van der Waals surface area contributed by atoms with Crippen molar-refractivity contribution >= 4 is 29.9 Å². The molecule has 0 amide bonds. The van der Waals surface area contributed by atoms with Crippen molar-refractivity contribution in [1.82, 2.24) is 10.2 Å². The van der Waals surface area contributed by atoms with Crippen molar-refractivity contribution in [2.75, 3.05) is 27.2 Å². The minimum absolute atomic E-state index is 0. The summed E-state index contributed by atoms with van der Waals surface area (Å²) >= 11 is 0. The highest BCUT2D eigenvalue weighted by molar-refractivity contribution is 14.0. The molecule has 0 saturated carbocycles. The van der Waals surface area contributed by atoms with Crippen LogP contribution in [0.4, 0.5) is 0 Å². The first-order valence-corrected chi connectivity index (χ1v) is 6.84. The molecule has 114 valence electrons. The Morgan fingerprint density at radius 1 is 1.30 bits per heavy atom. The summed E-state index contributed by atoms with van der Waals surface area (Å²) in [6, 6.07) is 8.08. The number of rotatable bonds is 6. The van der Waals surface area contributed by atoms with Crippen molar-refractivity contribution in [3.8, 4) is 5.75 Å². The molecule has 0 radical (unpaired) electrons. The third-order valence-corrected chi connectivity index (χ3v) is 2.78. The Kier molecular flexibility index (Phi) is 10.2. The van der Waals surface area contributed by atoms with Gasteiger partial charge in [-0.15, -0.1) is 24.0 Å². The Morgan fingerprint density at radius 3 is 2.60 bits per heavy atom. The largest absolute Gasteiger partial charge is 0.496 e. The molecule has 1 rings (SSSR count). The van der Waals surface area contributed by atoms with E-state index in [1.165, 1.54) is 0 Å². The number of aliphatic imine (C=N–C) groups is 1. The van der Waals surface area contributed by atoms with Crippen molar-refractivity contribution < 1.29 is 4.74 Å². The molecule has 0 aliphatic heterocycles. The monoisotopic (exact) mass is 391 g/mol. The normalized spacial score (nSPS) is 10.7. The van der Waals surface area contributed by atoms with Crippen LogP contribution in [0.2, 0.25) is 0 Å². The second-order valence-electron chi connectivity index (χ2n) is 4.40. The molecule has 20 heavy (non-hydrogen) atoms. The van der Waals surface area contributed by atoms with Crippen molar-refractivity contribution in [1.29, 1.82) is 0 Å². The van der Waals surface area contributed by atoms with Crippen LogP contribution < -0.4 is 10.1 Å². The van der Waals surface area contributed by atoms with E-state index in [1.54, 1.807) is 7.11 Å². The Morgan fingerprint density at radius 2 is 2.00 bits per heavy atom. The molecule has 4 nitrogen and oxygen atoms in total. The Labute approximate surface area is 139 Å². The molecular weight excluding hydrogens is 365 g/mol. The first-order valence-electron chi connectivity index (χ1n) is 6.84. The lowest BCUT2D eigenvalue weighted by Crippen LogP contribution is -2.38. The molecule has 0 bridgehead atoms. The minimum atomic E-state index is 0. The van der Waals surface area contributed by atoms with E-state index in [-0.39, 0.29) is 24.0 Å².